The summed E-state index contributed by atoms with van der Waals surface area (Å²) in [7, 11) is -3.78. The molecule has 1 aliphatic rings. The van der Waals surface area contributed by atoms with Crippen molar-refractivity contribution in [2.24, 2.45) is 0 Å². The number of aromatic nitrogens is 2. The standard InChI is InChI=1S/C24H28N4O3S/c1-17-14-18(2)27(26-17)13-7-12-25-24(29)21-9-6-10-22(16-21)32(30,31)28-19(3)15-20-8-4-5-11-23(20)28/h4-6,8-11,14,16,19H,7,12-13,15H2,1-3H3,(H,25,29)/t19-/m0/s1. The summed E-state index contributed by atoms with van der Waals surface area (Å²) in [5, 5.41) is 7.30. The van der Waals surface area contributed by atoms with Gasteiger partial charge in [0.2, 0.25) is 0 Å². The second kappa shape index (κ2) is 8.78. The van der Waals surface area contributed by atoms with E-state index in [4.69, 9.17) is 0 Å². The first-order chi connectivity index (χ1) is 15.3. The molecule has 1 amide bonds. The zero-order valence-electron chi connectivity index (χ0n) is 18.6. The molecular formula is C24H28N4O3S. The van der Waals surface area contributed by atoms with Crippen molar-refractivity contribution in [1.29, 1.82) is 0 Å². The Morgan fingerprint density at radius 2 is 1.91 bits per heavy atom. The van der Waals surface area contributed by atoms with Gasteiger partial charge < -0.3 is 5.32 Å². The predicted molar refractivity (Wildman–Crippen MR) is 124 cm³/mol. The lowest BCUT2D eigenvalue weighted by Gasteiger charge is -2.24. The van der Waals surface area contributed by atoms with Crippen molar-refractivity contribution in [2.75, 3.05) is 10.8 Å². The summed E-state index contributed by atoms with van der Waals surface area (Å²) >= 11 is 0. The van der Waals surface area contributed by atoms with E-state index in [1.54, 1.807) is 18.2 Å². The topological polar surface area (TPSA) is 84.3 Å². The average molecular weight is 453 g/mol. The van der Waals surface area contributed by atoms with Crippen molar-refractivity contribution < 1.29 is 13.2 Å². The molecule has 32 heavy (non-hydrogen) atoms. The number of anilines is 1. The van der Waals surface area contributed by atoms with Crippen LogP contribution in [0.5, 0.6) is 0 Å². The van der Waals surface area contributed by atoms with Crippen molar-refractivity contribution in [1.82, 2.24) is 15.1 Å². The third kappa shape index (κ3) is 4.27. The highest BCUT2D eigenvalue weighted by Gasteiger charge is 2.36. The number of hydrogen-bond acceptors (Lipinski definition) is 4. The average Bonchev–Trinajstić information content (AvgIpc) is 3.28. The van der Waals surface area contributed by atoms with Gasteiger partial charge in [-0.25, -0.2) is 8.42 Å². The third-order valence-corrected chi connectivity index (χ3v) is 7.66. The van der Waals surface area contributed by atoms with Gasteiger partial charge in [-0.2, -0.15) is 5.10 Å². The summed E-state index contributed by atoms with van der Waals surface area (Å²) in [5.41, 5.74) is 4.11. The van der Waals surface area contributed by atoms with E-state index in [-0.39, 0.29) is 16.8 Å². The molecular weight excluding hydrogens is 424 g/mol. The van der Waals surface area contributed by atoms with E-state index >= 15 is 0 Å². The number of hydrogen-bond donors (Lipinski definition) is 1. The molecule has 0 aliphatic carbocycles. The summed E-state index contributed by atoms with van der Waals surface area (Å²) < 4.78 is 30.2. The quantitative estimate of drug-likeness (QED) is 0.557. The van der Waals surface area contributed by atoms with E-state index in [1.165, 1.54) is 10.4 Å². The fraction of sp³-hybridized carbons (Fsp3) is 0.333. The van der Waals surface area contributed by atoms with Gasteiger partial charge >= 0.3 is 0 Å². The number of aryl methyl sites for hydroxylation is 3. The first-order valence-corrected chi connectivity index (χ1v) is 12.2. The number of nitrogens with zero attached hydrogens (tertiary/aromatic N) is 3. The molecule has 0 unspecified atom stereocenters. The normalized spacial score (nSPS) is 15.6. The highest BCUT2D eigenvalue weighted by Crippen LogP contribution is 2.36. The first kappa shape index (κ1) is 22.1. The Bertz CT molecular complexity index is 1250. The van der Waals surface area contributed by atoms with Crippen LogP contribution in [0.15, 0.2) is 59.5 Å². The van der Waals surface area contributed by atoms with Gasteiger partial charge in [0.05, 0.1) is 16.3 Å². The van der Waals surface area contributed by atoms with Gasteiger partial charge in [0.25, 0.3) is 15.9 Å². The van der Waals surface area contributed by atoms with Crippen LogP contribution in [0.25, 0.3) is 0 Å². The molecule has 0 saturated heterocycles. The zero-order chi connectivity index (χ0) is 22.9. The molecule has 0 radical (unpaired) electrons. The third-order valence-electron chi connectivity index (χ3n) is 5.73. The molecule has 1 atom stereocenters. The summed E-state index contributed by atoms with van der Waals surface area (Å²) in [4.78, 5) is 12.8. The second-order valence-corrected chi connectivity index (χ2v) is 10.1. The number of carbonyl (C=O) groups excluding carboxylic acids is 1. The lowest BCUT2D eigenvalue weighted by Crippen LogP contribution is -2.36. The van der Waals surface area contributed by atoms with Gasteiger partial charge in [-0.05, 0) is 69.5 Å². The van der Waals surface area contributed by atoms with Crippen LogP contribution in [-0.2, 0) is 23.0 Å². The Balaban J connectivity index is 1.45. The molecule has 4 rings (SSSR count). The monoisotopic (exact) mass is 452 g/mol. The SMILES string of the molecule is Cc1cc(C)n(CCCNC(=O)c2cccc(S(=O)(=O)N3c4ccccc4C[C@@H]3C)c2)n1. The Morgan fingerprint density at radius 3 is 2.66 bits per heavy atom. The lowest BCUT2D eigenvalue weighted by atomic mass is 10.1. The van der Waals surface area contributed by atoms with Gasteiger partial charge in [0.1, 0.15) is 0 Å². The van der Waals surface area contributed by atoms with Crippen molar-refractivity contribution in [3.63, 3.8) is 0 Å². The molecule has 2 heterocycles. The predicted octanol–water partition coefficient (Wildman–Crippen LogP) is 3.46. The van der Waals surface area contributed by atoms with E-state index in [2.05, 4.69) is 10.4 Å². The van der Waals surface area contributed by atoms with Crippen LogP contribution in [0.2, 0.25) is 0 Å². The van der Waals surface area contributed by atoms with Gasteiger partial charge in [-0.15, -0.1) is 0 Å². The second-order valence-electron chi connectivity index (χ2n) is 8.27. The number of amides is 1. The Hall–Kier alpha value is -3.13. The van der Waals surface area contributed by atoms with Crippen LogP contribution < -0.4 is 9.62 Å². The Morgan fingerprint density at radius 1 is 1.12 bits per heavy atom. The van der Waals surface area contributed by atoms with Crippen molar-refractivity contribution in [3.8, 4) is 0 Å². The van der Waals surface area contributed by atoms with E-state index in [9.17, 15) is 13.2 Å². The summed E-state index contributed by atoms with van der Waals surface area (Å²) in [6.45, 7) is 7.04. The summed E-state index contributed by atoms with van der Waals surface area (Å²) in [5.74, 6) is -0.287. The fourth-order valence-electron chi connectivity index (χ4n) is 4.25. The largest absolute Gasteiger partial charge is 0.352 e. The number of sulfonamides is 1. The molecule has 0 saturated carbocycles. The molecule has 168 valence electrons. The van der Waals surface area contributed by atoms with E-state index in [1.807, 2.05) is 55.8 Å². The van der Waals surface area contributed by atoms with E-state index in [0.717, 1.165) is 23.4 Å². The molecule has 7 nitrogen and oxygen atoms in total. The number of fused-ring (bicyclic) bond motifs is 1. The number of rotatable bonds is 7. The highest BCUT2D eigenvalue weighted by molar-refractivity contribution is 7.92. The number of benzene rings is 2. The van der Waals surface area contributed by atoms with Gasteiger partial charge in [-0.1, -0.05) is 24.3 Å². The lowest BCUT2D eigenvalue weighted by molar-refractivity contribution is 0.0952. The zero-order valence-corrected chi connectivity index (χ0v) is 19.4. The number of nitrogens with one attached hydrogen (secondary N) is 1. The maximum atomic E-state index is 13.4. The molecule has 0 fully saturated rings. The highest BCUT2D eigenvalue weighted by atomic mass is 32.2. The molecule has 8 heteroatoms. The van der Waals surface area contributed by atoms with Gasteiger partial charge in [-0.3, -0.25) is 13.8 Å². The van der Waals surface area contributed by atoms with E-state index in [0.29, 0.717) is 30.8 Å². The number of para-hydroxylation sites is 1. The van der Waals surface area contributed by atoms with Crippen LogP contribution >= 0.6 is 0 Å². The van der Waals surface area contributed by atoms with Gasteiger partial charge in [0.15, 0.2) is 0 Å². The van der Waals surface area contributed by atoms with Crippen molar-refractivity contribution in [2.45, 2.75) is 51.1 Å². The Kier molecular flexibility index (Phi) is 6.06. The maximum Gasteiger partial charge on any atom is 0.264 e. The molecule has 1 aromatic heterocycles. The summed E-state index contributed by atoms with van der Waals surface area (Å²) in [6, 6.07) is 15.6. The molecule has 3 aromatic rings. The van der Waals surface area contributed by atoms with Crippen molar-refractivity contribution in [3.05, 3.63) is 77.1 Å². The van der Waals surface area contributed by atoms with Crippen LogP contribution in [-0.4, -0.2) is 36.7 Å². The first-order valence-electron chi connectivity index (χ1n) is 10.8. The molecule has 1 aliphatic heterocycles. The van der Waals surface area contributed by atoms with Crippen LogP contribution in [0.3, 0.4) is 0 Å². The minimum absolute atomic E-state index is 0.122. The molecule has 1 N–H and O–H groups in total. The smallest absolute Gasteiger partial charge is 0.264 e. The van der Waals surface area contributed by atoms with Crippen LogP contribution in [0.4, 0.5) is 5.69 Å². The summed E-state index contributed by atoms with van der Waals surface area (Å²) in [6.07, 6.45) is 1.40. The molecule has 0 bridgehead atoms. The van der Waals surface area contributed by atoms with Crippen LogP contribution in [0, 0.1) is 13.8 Å². The van der Waals surface area contributed by atoms with Crippen LogP contribution in [0.1, 0.15) is 40.7 Å². The minimum Gasteiger partial charge on any atom is -0.352 e. The molecule has 0 spiro atoms. The minimum atomic E-state index is -3.78. The Labute approximate surface area is 189 Å². The maximum absolute atomic E-state index is 13.4. The van der Waals surface area contributed by atoms with E-state index < -0.39 is 10.0 Å². The number of carbonyl (C=O) groups is 1. The van der Waals surface area contributed by atoms with Crippen molar-refractivity contribution >= 4 is 21.6 Å². The van der Waals surface area contributed by atoms with Gasteiger partial charge in [0, 0.05) is 30.4 Å². The molecule has 2 aromatic carbocycles. The fourth-order valence-corrected chi connectivity index (χ4v) is 5.99.